The average molecular weight is 470 g/mol. The van der Waals surface area contributed by atoms with E-state index in [1.54, 1.807) is 17.2 Å². The van der Waals surface area contributed by atoms with Crippen molar-refractivity contribution in [2.24, 2.45) is 11.8 Å². The second kappa shape index (κ2) is 10.2. The number of hydrogen-bond acceptors (Lipinski definition) is 6. The van der Waals surface area contributed by atoms with E-state index < -0.39 is 0 Å². The summed E-state index contributed by atoms with van der Waals surface area (Å²) in [5.74, 6) is 0.954. The van der Waals surface area contributed by atoms with E-state index in [2.05, 4.69) is 39.8 Å². The molecule has 2 aliphatic heterocycles. The maximum atomic E-state index is 13.1. The van der Waals surface area contributed by atoms with Crippen LogP contribution >= 0.6 is 15.9 Å². The first-order chi connectivity index (χ1) is 13.9. The summed E-state index contributed by atoms with van der Waals surface area (Å²) in [6, 6.07) is 1.48. The highest BCUT2D eigenvalue weighted by molar-refractivity contribution is 9.10. The van der Waals surface area contributed by atoms with Crippen molar-refractivity contribution in [1.29, 1.82) is 0 Å². The molecule has 0 radical (unpaired) electrons. The molecule has 8 heteroatoms. The van der Waals surface area contributed by atoms with Gasteiger partial charge in [0.2, 0.25) is 5.88 Å². The Bertz CT molecular complexity index is 699. The number of hydrogen-bond donors (Lipinski definition) is 1. The second-order valence-electron chi connectivity index (χ2n) is 8.41. The molecule has 1 aromatic heterocycles. The van der Waals surface area contributed by atoms with Crippen molar-refractivity contribution in [2.45, 2.75) is 38.8 Å². The zero-order valence-corrected chi connectivity index (χ0v) is 19.1. The number of halogens is 1. The fourth-order valence-electron chi connectivity index (χ4n) is 4.05. The van der Waals surface area contributed by atoms with Crippen LogP contribution in [0.25, 0.3) is 0 Å². The van der Waals surface area contributed by atoms with Crippen LogP contribution in [0.5, 0.6) is 5.88 Å². The van der Waals surface area contributed by atoms with Crippen molar-refractivity contribution >= 4 is 21.8 Å². The summed E-state index contributed by atoms with van der Waals surface area (Å²) in [5.41, 5.74) is 0.434. The van der Waals surface area contributed by atoms with Crippen LogP contribution in [0.1, 0.15) is 37.0 Å². The van der Waals surface area contributed by atoms with Crippen LogP contribution in [0.4, 0.5) is 0 Å². The lowest BCUT2D eigenvalue weighted by Crippen LogP contribution is -2.50. The third-order valence-corrected chi connectivity index (χ3v) is 6.32. The highest BCUT2D eigenvalue weighted by Gasteiger charge is 2.34. The standard InChI is InChI=1S/C21H32BrN3O4/c1-14-10-25(15(2)13-26)21(27)18-8-17(22)9-23-20(18)29-19(14)12-24(3)11-16-4-6-28-7-5-16/h8-9,14-16,19,26H,4-7,10-13H2,1-3H3/t14-,15+,19+/m0/s1. The molecule has 1 saturated heterocycles. The fraction of sp³-hybridized carbons (Fsp3) is 0.714. The molecule has 1 fully saturated rings. The SMILES string of the molecule is C[C@H](CO)N1C[C@H](C)[C@@H](CN(C)CC2CCOCC2)Oc2ncc(Br)cc2C1=O. The second-order valence-corrected chi connectivity index (χ2v) is 9.32. The Morgan fingerprint density at radius 2 is 2.10 bits per heavy atom. The molecule has 0 spiro atoms. The number of pyridine rings is 1. The Labute approximate surface area is 181 Å². The normalized spacial score (nSPS) is 24.6. The molecule has 7 nitrogen and oxygen atoms in total. The molecule has 0 bridgehead atoms. The fourth-order valence-corrected chi connectivity index (χ4v) is 4.38. The van der Waals surface area contributed by atoms with E-state index in [4.69, 9.17) is 9.47 Å². The molecule has 1 amide bonds. The number of fused-ring (bicyclic) bond motifs is 1. The number of amides is 1. The van der Waals surface area contributed by atoms with Gasteiger partial charge in [-0.3, -0.25) is 4.79 Å². The van der Waals surface area contributed by atoms with Gasteiger partial charge in [0.1, 0.15) is 11.7 Å². The smallest absolute Gasteiger partial charge is 0.259 e. The monoisotopic (exact) mass is 469 g/mol. The number of aliphatic hydroxyl groups is 1. The lowest BCUT2D eigenvalue weighted by molar-refractivity contribution is 0.0254. The Morgan fingerprint density at radius 3 is 2.79 bits per heavy atom. The molecule has 2 aliphatic rings. The first kappa shape index (κ1) is 22.5. The largest absolute Gasteiger partial charge is 0.472 e. The van der Waals surface area contributed by atoms with Gasteiger partial charge >= 0.3 is 0 Å². The minimum Gasteiger partial charge on any atom is -0.472 e. The average Bonchev–Trinajstić information content (AvgIpc) is 2.71. The molecule has 3 heterocycles. The summed E-state index contributed by atoms with van der Waals surface area (Å²) in [6.07, 6.45) is 3.75. The minimum atomic E-state index is -0.268. The van der Waals surface area contributed by atoms with E-state index in [0.29, 0.717) is 23.9 Å². The number of aliphatic hydroxyl groups excluding tert-OH is 1. The number of nitrogens with zero attached hydrogens (tertiary/aromatic N) is 3. The Kier molecular flexibility index (Phi) is 7.90. The molecule has 0 aromatic carbocycles. The summed E-state index contributed by atoms with van der Waals surface area (Å²) >= 11 is 3.40. The minimum absolute atomic E-state index is 0.0790. The van der Waals surface area contributed by atoms with Crippen LogP contribution in [0, 0.1) is 11.8 Å². The van der Waals surface area contributed by atoms with Gasteiger partial charge < -0.3 is 24.4 Å². The van der Waals surface area contributed by atoms with Gasteiger partial charge in [-0.1, -0.05) is 6.92 Å². The van der Waals surface area contributed by atoms with Crippen molar-refractivity contribution in [1.82, 2.24) is 14.8 Å². The molecule has 1 N–H and O–H groups in total. The van der Waals surface area contributed by atoms with E-state index in [1.165, 1.54) is 0 Å². The van der Waals surface area contributed by atoms with Crippen molar-refractivity contribution in [3.63, 3.8) is 0 Å². The quantitative estimate of drug-likeness (QED) is 0.689. The Balaban J connectivity index is 1.80. The number of carbonyl (C=O) groups excluding carboxylic acids is 1. The van der Waals surface area contributed by atoms with Crippen LogP contribution in [0.2, 0.25) is 0 Å². The van der Waals surface area contributed by atoms with Gasteiger partial charge in [0.05, 0.1) is 12.6 Å². The van der Waals surface area contributed by atoms with Gasteiger partial charge in [-0.15, -0.1) is 0 Å². The molecular formula is C21H32BrN3O4. The highest BCUT2D eigenvalue weighted by Crippen LogP contribution is 2.28. The first-order valence-electron chi connectivity index (χ1n) is 10.4. The predicted molar refractivity (Wildman–Crippen MR) is 114 cm³/mol. The summed E-state index contributed by atoms with van der Waals surface area (Å²) in [4.78, 5) is 21.6. The van der Waals surface area contributed by atoms with E-state index in [1.807, 2.05) is 6.92 Å². The number of carbonyl (C=O) groups is 1. The van der Waals surface area contributed by atoms with Gasteiger partial charge in [-0.25, -0.2) is 4.98 Å². The maximum absolute atomic E-state index is 13.1. The third kappa shape index (κ3) is 5.69. The molecule has 0 saturated carbocycles. The van der Waals surface area contributed by atoms with Crippen LogP contribution in [0.15, 0.2) is 16.7 Å². The maximum Gasteiger partial charge on any atom is 0.259 e. The van der Waals surface area contributed by atoms with Crippen LogP contribution in [-0.2, 0) is 4.74 Å². The summed E-state index contributed by atoms with van der Waals surface area (Å²) < 4.78 is 12.5. The molecule has 1 aromatic rings. The van der Waals surface area contributed by atoms with Crippen molar-refractivity contribution in [2.75, 3.05) is 46.5 Å². The van der Waals surface area contributed by atoms with E-state index in [9.17, 15) is 9.90 Å². The summed E-state index contributed by atoms with van der Waals surface area (Å²) in [6.45, 7) is 7.87. The Morgan fingerprint density at radius 1 is 1.38 bits per heavy atom. The highest BCUT2D eigenvalue weighted by atomic mass is 79.9. The lowest BCUT2D eigenvalue weighted by atomic mass is 9.98. The van der Waals surface area contributed by atoms with Crippen molar-refractivity contribution in [3.05, 3.63) is 22.3 Å². The molecule has 0 aliphatic carbocycles. The van der Waals surface area contributed by atoms with Gasteiger partial charge in [0.25, 0.3) is 5.91 Å². The number of ether oxygens (including phenoxy) is 2. The van der Waals surface area contributed by atoms with Gasteiger partial charge in [-0.05, 0) is 54.7 Å². The zero-order valence-electron chi connectivity index (χ0n) is 17.5. The van der Waals surface area contributed by atoms with Crippen molar-refractivity contribution in [3.8, 4) is 5.88 Å². The topological polar surface area (TPSA) is 75.1 Å². The van der Waals surface area contributed by atoms with Crippen molar-refractivity contribution < 1.29 is 19.4 Å². The Hall–Kier alpha value is -1.22. The van der Waals surface area contributed by atoms with Gasteiger partial charge in [0.15, 0.2) is 0 Å². The molecule has 3 rings (SSSR count). The molecule has 3 atom stereocenters. The number of likely N-dealkylation sites (N-methyl/N-ethyl adjacent to an activating group) is 1. The third-order valence-electron chi connectivity index (χ3n) is 5.89. The molecule has 162 valence electrons. The van der Waals surface area contributed by atoms with Gasteiger partial charge in [0, 0.05) is 49.4 Å². The first-order valence-corrected chi connectivity index (χ1v) is 11.2. The zero-order chi connectivity index (χ0) is 21.0. The number of aromatic nitrogens is 1. The molecule has 0 unspecified atom stereocenters. The lowest BCUT2D eigenvalue weighted by Gasteiger charge is -2.38. The van der Waals surface area contributed by atoms with E-state index >= 15 is 0 Å². The van der Waals surface area contributed by atoms with Crippen LogP contribution in [0.3, 0.4) is 0 Å². The molecule has 29 heavy (non-hydrogen) atoms. The summed E-state index contributed by atoms with van der Waals surface area (Å²) in [7, 11) is 2.12. The predicted octanol–water partition coefficient (Wildman–Crippen LogP) is 2.42. The summed E-state index contributed by atoms with van der Waals surface area (Å²) in [5, 5.41) is 9.68. The number of rotatable bonds is 6. The molecular weight excluding hydrogens is 438 g/mol. The van der Waals surface area contributed by atoms with Gasteiger partial charge in [-0.2, -0.15) is 0 Å². The van der Waals surface area contributed by atoms with E-state index in [0.717, 1.165) is 43.6 Å². The van der Waals surface area contributed by atoms with Crippen LogP contribution < -0.4 is 4.74 Å². The van der Waals surface area contributed by atoms with Crippen LogP contribution in [-0.4, -0.2) is 84.4 Å². The van der Waals surface area contributed by atoms with E-state index in [-0.39, 0.29) is 30.6 Å².